The van der Waals surface area contributed by atoms with Crippen LogP contribution in [0.4, 0.5) is 10.5 Å². The Labute approximate surface area is 188 Å². The zero-order valence-corrected chi connectivity index (χ0v) is 18.2. The number of hydrogen-bond donors (Lipinski definition) is 1. The van der Waals surface area contributed by atoms with Gasteiger partial charge in [0.2, 0.25) is 0 Å². The maximum absolute atomic E-state index is 12.7. The molecule has 9 heteroatoms. The van der Waals surface area contributed by atoms with E-state index in [9.17, 15) is 14.4 Å². The number of thiazole rings is 1. The molecule has 164 valence electrons. The van der Waals surface area contributed by atoms with Gasteiger partial charge in [0, 0.05) is 42.4 Å². The minimum atomic E-state index is -0.398. The Morgan fingerprint density at radius 2 is 2.09 bits per heavy atom. The monoisotopic (exact) mass is 451 g/mol. The molecule has 0 radical (unpaired) electrons. The lowest BCUT2D eigenvalue weighted by Gasteiger charge is -2.30. The molecule has 2 amide bonds. The van der Waals surface area contributed by atoms with Gasteiger partial charge in [-0.2, -0.15) is 0 Å². The lowest BCUT2D eigenvalue weighted by Crippen LogP contribution is -2.38. The van der Waals surface area contributed by atoms with Gasteiger partial charge in [-0.15, -0.1) is 17.8 Å². The van der Waals surface area contributed by atoms with E-state index in [1.807, 2.05) is 0 Å². The Bertz CT molecular complexity index is 1210. The zero-order chi connectivity index (χ0) is 22.7. The van der Waals surface area contributed by atoms with E-state index in [-0.39, 0.29) is 30.0 Å². The number of benzene rings is 1. The number of likely N-dealkylation sites (tertiary alicyclic amines) is 1. The molecular weight excluding hydrogens is 430 g/mol. The fourth-order valence-corrected chi connectivity index (χ4v) is 4.54. The summed E-state index contributed by atoms with van der Waals surface area (Å²) in [6.45, 7) is 2.52. The van der Waals surface area contributed by atoms with Crippen molar-refractivity contribution < 1.29 is 23.5 Å². The van der Waals surface area contributed by atoms with E-state index >= 15 is 0 Å². The first-order valence-corrected chi connectivity index (χ1v) is 11.0. The van der Waals surface area contributed by atoms with Crippen LogP contribution in [-0.2, 0) is 4.74 Å². The van der Waals surface area contributed by atoms with E-state index < -0.39 is 6.09 Å². The quantitative estimate of drug-likeness (QED) is 0.459. The Hall–Kier alpha value is -3.64. The average molecular weight is 452 g/mol. The highest BCUT2D eigenvalue weighted by molar-refractivity contribution is 7.10. The first-order chi connectivity index (χ1) is 15.4. The van der Waals surface area contributed by atoms with Gasteiger partial charge in [0.15, 0.2) is 18.2 Å². The molecule has 1 aliphatic rings. The third-order valence-corrected chi connectivity index (χ3v) is 6.26. The van der Waals surface area contributed by atoms with E-state index in [0.717, 1.165) is 23.2 Å². The second-order valence-electron chi connectivity index (χ2n) is 7.46. The van der Waals surface area contributed by atoms with Crippen LogP contribution in [0.3, 0.4) is 0 Å². The summed E-state index contributed by atoms with van der Waals surface area (Å²) in [5, 5.41) is 6.19. The van der Waals surface area contributed by atoms with Crippen LogP contribution < -0.4 is 5.32 Å². The summed E-state index contributed by atoms with van der Waals surface area (Å²) in [6, 6.07) is 6.84. The number of terminal acetylenes is 1. The van der Waals surface area contributed by atoms with E-state index in [2.05, 4.69) is 16.2 Å². The summed E-state index contributed by atoms with van der Waals surface area (Å²) in [5.41, 5.74) is 1.52. The molecule has 0 aliphatic carbocycles. The normalized spacial score (nSPS) is 14.2. The van der Waals surface area contributed by atoms with E-state index in [1.165, 1.54) is 18.3 Å². The van der Waals surface area contributed by atoms with Gasteiger partial charge in [-0.25, -0.2) is 9.78 Å². The highest BCUT2D eigenvalue weighted by Crippen LogP contribution is 2.31. The maximum atomic E-state index is 12.7. The SMILES string of the molecule is C#CCOC(=O)N1CCC(c2nc(C(=O)Nc3ccc4oc(C(C)=O)cc4c3)cs2)CC1. The summed E-state index contributed by atoms with van der Waals surface area (Å²) in [4.78, 5) is 42.2. The van der Waals surface area contributed by atoms with Gasteiger partial charge in [-0.3, -0.25) is 9.59 Å². The van der Waals surface area contributed by atoms with Crippen molar-refractivity contribution in [2.45, 2.75) is 25.7 Å². The Balaban J connectivity index is 1.37. The predicted molar refractivity (Wildman–Crippen MR) is 120 cm³/mol. The molecule has 0 atom stereocenters. The number of ketones is 1. The standard InChI is InChI=1S/C23H21N3O5S/c1-3-10-30-23(29)26-8-6-15(7-9-26)22-25-18(13-32-22)21(28)24-17-4-5-19-16(11-17)12-20(31-19)14(2)27/h1,4-5,11-13,15H,6-10H2,2H3,(H,24,28). The van der Waals surface area contributed by atoms with Crippen LogP contribution in [0.1, 0.15) is 51.7 Å². The van der Waals surface area contributed by atoms with Crippen molar-refractivity contribution in [2.24, 2.45) is 0 Å². The number of aromatic nitrogens is 1. The van der Waals surface area contributed by atoms with Gasteiger partial charge in [0.1, 0.15) is 11.3 Å². The Kier molecular flexibility index (Phi) is 6.23. The molecule has 0 spiro atoms. The number of furan rings is 1. The summed E-state index contributed by atoms with van der Waals surface area (Å²) >= 11 is 1.44. The van der Waals surface area contributed by atoms with Crippen molar-refractivity contribution in [1.29, 1.82) is 0 Å². The molecule has 1 aromatic carbocycles. The van der Waals surface area contributed by atoms with Crippen LogP contribution in [0.25, 0.3) is 11.0 Å². The molecule has 1 saturated heterocycles. The van der Waals surface area contributed by atoms with Crippen LogP contribution in [0, 0.1) is 12.3 Å². The Morgan fingerprint density at radius 1 is 1.31 bits per heavy atom. The fraction of sp³-hybridized carbons (Fsp3) is 0.304. The molecule has 3 aromatic rings. The second kappa shape index (κ2) is 9.24. The number of ether oxygens (including phenoxy) is 1. The molecule has 3 heterocycles. The number of carbonyl (C=O) groups is 3. The van der Waals surface area contributed by atoms with E-state index in [1.54, 1.807) is 34.5 Å². The Morgan fingerprint density at radius 3 is 2.81 bits per heavy atom. The van der Waals surface area contributed by atoms with Crippen LogP contribution in [-0.4, -0.2) is 47.4 Å². The molecular formula is C23H21N3O5S. The number of nitrogens with zero attached hydrogens (tertiary/aromatic N) is 2. The molecule has 4 rings (SSSR count). The number of rotatable bonds is 5. The molecule has 1 aliphatic heterocycles. The minimum absolute atomic E-state index is 0.0326. The number of fused-ring (bicyclic) bond motifs is 1. The molecule has 2 aromatic heterocycles. The lowest BCUT2D eigenvalue weighted by molar-refractivity contribution is 0.0986. The highest BCUT2D eigenvalue weighted by Gasteiger charge is 2.27. The molecule has 1 fully saturated rings. The number of hydrogen-bond acceptors (Lipinski definition) is 7. The summed E-state index contributed by atoms with van der Waals surface area (Å²) in [6.07, 6.45) is 6.21. The highest BCUT2D eigenvalue weighted by atomic mass is 32.1. The molecule has 1 N–H and O–H groups in total. The third kappa shape index (κ3) is 4.65. The van der Waals surface area contributed by atoms with E-state index in [4.69, 9.17) is 15.6 Å². The van der Waals surface area contributed by atoms with Gasteiger partial charge in [-0.1, -0.05) is 5.92 Å². The summed E-state index contributed by atoms with van der Waals surface area (Å²) in [5.74, 6) is 2.29. The van der Waals surface area contributed by atoms with Crippen LogP contribution in [0.5, 0.6) is 0 Å². The van der Waals surface area contributed by atoms with Gasteiger partial charge in [0.05, 0.1) is 5.01 Å². The maximum Gasteiger partial charge on any atom is 0.410 e. The zero-order valence-electron chi connectivity index (χ0n) is 17.4. The number of Topliss-reactive ketones (excluding diaryl/α,β-unsaturated/α-hetero) is 1. The van der Waals surface area contributed by atoms with Crippen molar-refractivity contribution in [3.63, 3.8) is 0 Å². The number of nitrogens with one attached hydrogen (secondary N) is 1. The smallest absolute Gasteiger partial charge is 0.410 e. The first kappa shape index (κ1) is 21.6. The number of amides is 2. The predicted octanol–water partition coefficient (Wildman–Crippen LogP) is 4.29. The van der Waals surface area contributed by atoms with Crippen LogP contribution >= 0.6 is 11.3 Å². The van der Waals surface area contributed by atoms with Crippen LogP contribution in [0.2, 0.25) is 0 Å². The van der Waals surface area contributed by atoms with E-state index in [0.29, 0.717) is 30.1 Å². The van der Waals surface area contributed by atoms with Crippen molar-refractivity contribution >= 4 is 45.8 Å². The van der Waals surface area contributed by atoms with Gasteiger partial charge in [-0.05, 0) is 37.1 Å². The largest absolute Gasteiger partial charge is 0.453 e. The topological polar surface area (TPSA) is 102 Å². The molecule has 0 unspecified atom stereocenters. The molecule has 8 nitrogen and oxygen atoms in total. The minimum Gasteiger partial charge on any atom is -0.453 e. The second-order valence-corrected chi connectivity index (χ2v) is 8.35. The summed E-state index contributed by atoms with van der Waals surface area (Å²) in [7, 11) is 0. The molecule has 0 bridgehead atoms. The lowest BCUT2D eigenvalue weighted by atomic mass is 9.98. The van der Waals surface area contributed by atoms with Crippen molar-refractivity contribution in [3.8, 4) is 12.3 Å². The fourth-order valence-electron chi connectivity index (χ4n) is 3.57. The van der Waals surface area contributed by atoms with Crippen LogP contribution in [0.15, 0.2) is 34.1 Å². The van der Waals surface area contributed by atoms with Crippen molar-refractivity contribution in [1.82, 2.24) is 9.88 Å². The number of anilines is 1. The van der Waals surface area contributed by atoms with Crippen molar-refractivity contribution in [2.75, 3.05) is 25.0 Å². The van der Waals surface area contributed by atoms with Crippen molar-refractivity contribution in [3.05, 3.63) is 46.1 Å². The number of piperidine rings is 1. The molecule has 32 heavy (non-hydrogen) atoms. The van der Waals surface area contributed by atoms with Gasteiger partial charge >= 0.3 is 6.09 Å². The van der Waals surface area contributed by atoms with Gasteiger partial charge in [0.25, 0.3) is 5.91 Å². The third-order valence-electron chi connectivity index (χ3n) is 5.26. The number of carbonyl (C=O) groups excluding carboxylic acids is 3. The van der Waals surface area contributed by atoms with Gasteiger partial charge < -0.3 is 19.4 Å². The molecule has 0 saturated carbocycles. The first-order valence-electron chi connectivity index (χ1n) is 10.1. The summed E-state index contributed by atoms with van der Waals surface area (Å²) < 4.78 is 10.4. The average Bonchev–Trinajstić information content (AvgIpc) is 3.45.